The number of carbonyl (C=O) groups excluding carboxylic acids is 1. The molecule has 3 aromatic rings. The number of nitrogens with one attached hydrogen (secondary N) is 1. The zero-order valence-corrected chi connectivity index (χ0v) is 14.5. The molecule has 1 N–H and O–H groups in total. The quantitative estimate of drug-likeness (QED) is 0.691. The Bertz CT molecular complexity index is 859. The van der Waals surface area contributed by atoms with E-state index in [9.17, 15) is 9.18 Å². The highest BCUT2D eigenvalue weighted by molar-refractivity contribution is 9.10. The van der Waals surface area contributed by atoms with Crippen LogP contribution < -0.4 is 5.32 Å². The molecule has 3 rings (SSSR count). The number of halogens is 2. The summed E-state index contributed by atoms with van der Waals surface area (Å²) in [5, 5.41) is 5.06. The molecular weight excluding hydrogens is 383 g/mol. The van der Waals surface area contributed by atoms with Gasteiger partial charge in [0.2, 0.25) is 5.91 Å². The van der Waals surface area contributed by atoms with Gasteiger partial charge in [0.25, 0.3) is 0 Å². The standard InChI is InChI=1S/C16H12BrFN2O2S/c1-9-2-5-14(22-9)16-19-11(8-23-16)7-15(21)20-13-4-3-10(17)6-12(13)18/h2-6,8H,7H2,1H3,(H,20,21). The number of nitrogens with zero attached hydrogens (tertiary/aromatic N) is 1. The van der Waals surface area contributed by atoms with Gasteiger partial charge in [-0.2, -0.15) is 0 Å². The number of hydrogen-bond donors (Lipinski definition) is 1. The average Bonchev–Trinajstić information content (AvgIpc) is 3.11. The lowest BCUT2D eigenvalue weighted by Crippen LogP contribution is -2.15. The van der Waals surface area contributed by atoms with Crippen LogP contribution >= 0.6 is 27.3 Å². The van der Waals surface area contributed by atoms with Crippen LogP contribution in [0.2, 0.25) is 0 Å². The predicted octanol–water partition coefficient (Wildman–Crippen LogP) is 4.79. The summed E-state index contributed by atoms with van der Waals surface area (Å²) in [5.41, 5.74) is 0.768. The lowest BCUT2D eigenvalue weighted by Gasteiger charge is -2.05. The third-order valence-corrected chi connectivity index (χ3v) is 4.45. The molecule has 0 spiro atoms. The minimum absolute atomic E-state index is 0.0751. The highest BCUT2D eigenvalue weighted by atomic mass is 79.9. The topological polar surface area (TPSA) is 55.1 Å². The molecule has 1 amide bonds. The molecule has 23 heavy (non-hydrogen) atoms. The molecule has 0 aliphatic rings. The molecule has 7 heteroatoms. The van der Waals surface area contributed by atoms with Crippen LogP contribution in [0.5, 0.6) is 0 Å². The molecule has 0 bridgehead atoms. The predicted molar refractivity (Wildman–Crippen MR) is 91.0 cm³/mol. The maximum Gasteiger partial charge on any atom is 0.230 e. The largest absolute Gasteiger partial charge is 0.459 e. The van der Waals surface area contributed by atoms with Gasteiger partial charge in [0.15, 0.2) is 10.8 Å². The van der Waals surface area contributed by atoms with Gasteiger partial charge in [0, 0.05) is 9.85 Å². The van der Waals surface area contributed by atoms with Crippen molar-refractivity contribution in [2.75, 3.05) is 5.32 Å². The molecule has 0 aliphatic carbocycles. The van der Waals surface area contributed by atoms with E-state index >= 15 is 0 Å². The van der Waals surface area contributed by atoms with E-state index < -0.39 is 5.82 Å². The monoisotopic (exact) mass is 394 g/mol. The first-order valence-electron chi connectivity index (χ1n) is 6.77. The van der Waals surface area contributed by atoms with Crippen molar-refractivity contribution in [2.45, 2.75) is 13.3 Å². The van der Waals surface area contributed by atoms with Gasteiger partial charge in [-0.1, -0.05) is 15.9 Å². The molecule has 0 radical (unpaired) electrons. The first-order valence-corrected chi connectivity index (χ1v) is 8.44. The summed E-state index contributed by atoms with van der Waals surface area (Å²) >= 11 is 4.58. The number of furan rings is 1. The van der Waals surface area contributed by atoms with Gasteiger partial charge in [-0.3, -0.25) is 4.79 Å². The van der Waals surface area contributed by atoms with Crippen LogP contribution in [0.15, 0.2) is 44.6 Å². The Morgan fingerprint density at radius 3 is 2.91 bits per heavy atom. The Kier molecular flexibility index (Phi) is 4.58. The molecule has 2 heterocycles. The van der Waals surface area contributed by atoms with Crippen LogP contribution in [0.4, 0.5) is 10.1 Å². The van der Waals surface area contributed by atoms with Crippen molar-refractivity contribution in [1.29, 1.82) is 0 Å². The van der Waals surface area contributed by atoms with E-state index in [-0.39, 0.29) is 18.0 Å². The van der Waals surface area contributed by atoms with Crippen molar-refractivity contribution in [3.63, 3.8) is 0 Å². The van der Waals surface area contributed by atoms with Gasteiger partial charge in [0.05, 0.1) is 17.8 Å². The van der Waals surface area contributed by atoms with E-state index in [0.29, 0.717) is 15.9 Å². The summed E-state index contributed by atoms with van der Waals surface area (Å²) < 4.78 is 19.8. The van der Waals surface area contributed by atoms with Crippen molar-refractivity contribution in [1.82, 2.24) is 4.98 Å². The van der Waals surface area contributed by atoms with Gasteiger partial charge >= 0.3 is 0 Å². The van der Waals surface area contributed by atoms with Gasteiger partial charge in [-0.25, -0.2) is 9.37 Å². The van der Waals surface area contributed by atoms with Crippen molar-refractivity contribution in [3.05, 3.63) is 57.5 Å². The first-order chi connectivity index (χ1) is 11.0. The van der Waals surface area contributed by atoms with E-state index in [1.165, 1.54) is 23.5 Å². The summed E-state index contributed by atoms with van der Waals surface area (Å²) in [6.07, 6.45) is 0.0751. The summed E-state index contributed by atoms with van der Waals surface area (Å²) in [6.45, 7) is 1.86. The Morgan fingerprint density at radius 1 is 1.39 bits per heavy atom. The molecular formula is C16H12BrFN2O2S. The molecule has 0 aliphatic heterocycles. The second-order valence-corrected chi connectivity index (χ2v) is 6.68. The molecule has 4 nitrogen and oxygen atoms in total. The average molecular weight is 395 g/mol. The molecule has 2 aromatic heterocycles. The third kappa shape index (κ3) is 3.86. The lowest BCUT2D eigenvalue weighted by atomic mass is 10.2. The summed E-state index contributed by atoms with van der Waals surface area (Å²) in [4.78, 5) is 16.4. The summed E-state index contributed by atoms with van der Waals surface area (Å²) in [6, 6.07) is 8.18. The fraction of sp³-hybridized carbons (Fsp3) is 0.125. The van der Waals surface area contributed by atoms with Gasteiger partial charge < -0.3 is 9.73 Å². The number of aryl methyl sites for hydroxylation is 1. The lowest BCUT2D eigenvalue weighted by molar-refractivity contribution is -0.115. The molecule has 0 unspecified atom stereocenters. The smallest absolute Gasteiger partial charge is 0.230 e. The molecule has 0 saturated heterocycles. The maximum absolute atomic E-state index is 13.7. The van der Waals surface area contributed by atoms with E-state index in [0.717, 1.165) is 10.8 Å². The first kappa shape index (κ1) is 15.9. The van der Waals surface area contributed by atoms with E-state index in [1.54, 1.807) is 11.4 Å². The van der Waals surface area contributed by atoms with Crippen molar-refractivity contribution in [3.8, 4) is 10.8 Å². The number of amides is 1. The number of aromatic nitrogens is 1. The van der Waals surface area contributed by atoms with Crippen LogP contribution in [0.3, 0.4) is 0 Å². The van der Waals surface area contributed by atoms with Crippen molar-refractivity contribution >= 4 is 38.9 Å². The summed E-state index contributed by atoms with van der Waals surface area (Å²) in [5.74, 6) is 0.676. The van der Waals surface area contributed by atoms with Gasteiger partial charge in [0.1, 0.15) is 11.6 Å². The van der Waals surface area contributed by atoms with Crippen LogP contribution in [0.25, 0.3) is 10.8 Å². The zero-order valence-electron chi connectivity index (χ0n) is 12.1. The minimum Gasteiger partial charge on any atom is -0.459 e. The number of hydrogen-bond acceptors (Lipinski definition) is 4. The van der Waals surface area contributed by atoms with Gasteiger partial charge in [-0.15, -0.1) is 11.3 Å². The molecule has 1 aromatic carbocycles. The Hall–Kier alpha value is -1.99. The molecule has 0 fully saturated rings. The Morgan fingerprint density at radius 2 is 2.22 bits per heavy atom. The second-order valence-electron chi connectivity index (χ2n) is 4.90. The SMILES string of the molecule is Cc1ccc(-c2nc(CC(=O)Nc3ccc(Br)cc3F)cs2)o1. The molecule has 0 saturated carbocycles. The number of anilines is 1. The fourth-order valence-electron chi connectivity index (χ4n) is 2.00. The van der Waals surface area contributed by atoms with E-state index in [1.807, 2.05) is 19.1 Å². The van der Waals surface area contributed by atoms with E-state index in [4.69, 9.17) is 4.42 Å². The maximum atomic E-state index is 13.7. The number of benzene rings is 1. The second kappa shape index (κ2) is 6.64. The summed E-state index contributed by atoms with van der Waals surface area (Å²) in [7, 11) is 0. The van der Waals surface area contributed by atoms with Crippen LogP contribution in [0, 0.1) is 12.7 Å². The zero-order chi connectivity index (χ0) is 16.4. The van der Waals surface area contributed by atoms with Crippen LogP contribution in [-0.2, 0) is 11.2 Å². The minimum atomic E-state index is -0.488. The molecule has 0 atom stereocenters. The highest BCUT2D eigenvalue weighted by Crippen LogP contribution is 2.26. The third-order valence-electron chi connectivity index (χ3n) is 3.05. The number of thiazole rings is 1. The van der Waals surface area contributed by atoms with E-state index in [2.05, 4.69) is 26.2 Å². The van der Waals surface area contributed by atoms with Crippen molar-refractivity contribution in [2.24, 2.45) is 0 Å². The highest BCUT2D eigenvalue weighted by Gasteiger charge is 2.13. The number of rotatable bonds is 4. The number of carbonyl (C=O) groups is 1. The van der Waals surface area contributed by atoms with Gasteiger partial charge in [-0.05, 0) is 37.3 Å². The van der Waals surface area contributed by atoms with Crippen LogP contribution in [0.1, 0.15) is 11.5 Å². The van der Waals surface area contributed by atoms with Crippen molar-refractivity contribution < 1.29 is 13.6 Å². The fourth-order valence-corrected chi connectivity index (χ4v) is 3.11. The Labute approximate surface area is 144 Å². The Balaban J connectivity index is 1.67. The molecule has 118 valence electrons. The van der Waals surface area contributed by atoms with Crippen LogP contribution in [-0.4, -0.2) is 10.9 Å². The normalized spacial score (nSPS) is 10.7.